The first-order valence-corrected chi connectivity index (χ1v) is 8.12. The first-order chi connectivity index (χ1) is 10.1. The van der Waals surface area contributed by atoms with Crippen LogP contribution in [0.4, 0.5) is 13.2 Å². The minimum atomic E-state index is -4.67. The molecule has 0 saturated heterocycles. The van der Waals surface area contributed by atoms with E-state index in [0.717, 1.165) is 13.2 Å². The third-order valence-corrected chi connectivity index (χ3v) is 4.42. The van der Waals surface area contributed by atoms with Crippen LogP contribution in [0.15, 0.2) is 12.4 Å². The van der Waals surface area contributed by atoms with Crippen LogP contribution in [0.3, 0.4) is 0 Å². The summed E-state index contributed by atoms with van der Waals surface area (Å²) in [5.41, 5.74) is -1.24. The van der Waals surface area contributed by atoms with Crippen LogP contribution in [-0.2, 0) is 41.1 Å². The molecule has 0 saturated carbocycles. The number of nitrogens with zero attached hydrogens (tertiary/aromatic N) is 5. The molecule has 0 atom stereocenters. The number of rotatable bonds is 5. The molecule has 22 heavy (non-hydrogen) atoms. The Bertz CT molecular complexity index is 763. The molecule has 0 aromatic carbocycles. The van der Waals surface area contributed by atoms with Crippen LogP contribution in [0, 0.1) is 0 Å². The van der Waals surface area contributed by atoms with Gasteiger partial charge in [0, 0.05) is 25.4 Å². The number of alkyl halides is 3. The second-order valence-electron chi connectivity index (χ2n) is 4.74. The zero-order valence-electron chi connectivity index (χ0n) is 11.9. The Hall–Kier alpha value is -1.91. The molecule has 0 amide bonds. The molecule has 0 aliphatic rings. The fourth-order valence-electron chi connectivity index (χ4n) is 2.03. The maximum atomic E-state index is 12.9. The largest absolute Gasteiger partial charge is 0.433 e. The van der Waals surface area contributed by atoms with Crippen LogP contribution in [0.5, 0.6) is 0 Å². The van der Waals surface area contributed by atoms with E-state index < -0.39 is 33.2 Å². The molecule has 2 heterocycles. The van der Waals surface area contributed by atoms with E-state index in [2.05, 4.69) is 15.4 Å². The maximum Gasteiger partial charge on any atom is 0.433 e. The fourth-order valence-corrected chi connectivity index (χ4v) is 3.40. The number of hydrogen-bond acceptors (Lipinski definition) is 5. The molecule has 0 aliphatic heterocycles. The van der Waals surface area contributed by atoms with Gasteiger partial charge in [0.05, 0.1) is 23.4 Å². The molecule has 0 spiro atoms. The van der Waals surface area contributed by atoms with Crippen LogP contribution in [0.2, 0.25) is 0 Å². The van der Waals surface area contributed by atoms with E-state index in [1.165, 1.54) is 10.9 Å². The Balaban J connectivity index is 2.22. The molecule has 2 rings (SSSR count). The van der Waals surface area contributed by atoms with E-state index in [1.54, 1.807) is 6.92 Å². The van der Waals surface area contributed by atoms with Crippen molar-refractivity contribution in [2.24, 2.45) is 7.05 Å². The number of sulfone groups is 1. The van der Waals surface area contributed by atoms with Crippen molar-refractivity contribution in [3.63, 3.8) is 0 Å². The summed E-state index contributed by atoms with van der Waals surface area (Å²) in [6.45, 7) is 2.33. The van der Waals surface area contributed by atoms with Crippen LogP contribution < -0.4 is 0 Å². The lowest BCUT2D eigenvalue weighted by molar-refractivity contribution is -0.144. The molecular formula is C11H14F3N5O2S. The van der Waals surface area contributed by atoms with E-state index in [-0.39, 0.29) is 11.3 Å². The summed E-state index contributed by atoms with van der Waals surface area (Å²) in [5, 5.41) is 10.9. The Morgan fingerprint density at radius 2 is 1.95 bits per heavy atom. The van der Waals surface area contributed by atoms with Gasteiger partial charge in [0.25, 0.3) is 0 Å². The third-order valence-electron chi connectivity index (χ3n) is 2.94. The van der Waals surface area contributed by atoms with Gasteiger partial charge in [-0.3, -0.25) is 9.36 Å². The normalized spacial score (nSPS) is 12.8. The summed E-state index contributed by atoms with van der Waals surface area (Å²) < 4.78 is 64.9. The highest BCUT2D eigenvalue weighted by molar-refractivity contribution is 7.89. The Morgan fingerprint density at radius 1 is 1.27 bits per heavy atom. The standard InChI is InChI=1S/C11H14F3N5O2S/c1-3-19-5-9(16-17-19)7-22(20,21)6-8-4-15-18(2)10(8)11(12,13)14/h4-5H,3,6-7H2,1-2H3. The second kappa shape index (κ2) is 5.71. The summed E-state index contributed by atoms with van der Waals surface area (Å²) in [5.74, 6) is -1.23. The van der Waals surface area contributed by atoms with E-state index in [1.807, 2.05) is 0 Å². The lowest BCUT2D eigenvalue weighted by Gasteiger charge is -2.09. The molecule has 2 aromatic rings. The summed E-state index contributed by atoms with van der Waals surface area (Å²) in [4.78, 5) is 0. The quantitative estimate of drug-likeness (QED) is 0.818. The van der Waals surface area contributed by atoms with E-state index in [9.17, 15) is 21.6 Å². The van der Waals surface area contributed by atoms with Crippen LogP contribution in [-0.4, -0.2) is 33.2 Å². The highest BCUT2D eigenvalue weighted by atomic mass is 32.2. The number of hydrogen-bond donors (Lipinski definition) is 0. The second-order valence-corrected chi connectivity index (χ2v) is 6.80. The maximum absolute atomic E-state index is 12.9. The minimum Gasteiger partial charge on any atom is -0.263 e. The molecule has 0 unspecified atom stereocenters. The third kappa shape index (κ3) is 3.64. The smallest absolute Gasteiger partial charge is 0.263 e. The van der Waals surface area contributed by atoms with Crippen molar-refractivity contribution in [1.29, 1.82) is 0 Å². The predicted molar refractivity (Wildman–Crippen MR) is 70.2 cm³/mol. The van der Waals surface area contributed by atoms with Gasteiger partial charge in [-0.1, -0.05) is 5.21 Å². The van der Waals surface area contributed by atoms with Crippen molar-refractivity contribution < 1.29 is 21.6 Å². The van der Waals surface area contributed by atoms with Crippen LogP contribution in [0.25, 0.3) is 0 Å². The number of aromatic nitrogens is 5. The predicted octanol–water partition coefficient (Wildman–Crippen LogP) is 1.17. The summed E-state index contributed by atoms with van der Waals surface area (Å²) in [6.07, 6.45) is -2.30. The van der Waals surface area contributed by atoms with Gasteiger partial charge in [-0.05, 0) is 6.92 Å². The Labute approximate surface area is 124 Å². The lowest BCUT2D eigenvalue weighted by atomic mass is 10.3. The van der Waals surface area contributed by atoms with Crippen molar-refractivity contribution in [2.75, 3.05) is 0 Å². The fraction of sp³-hybridized carbons (Fsp3) is 0.545. The molecule has 0 N–H and O–H groups in total. The van der Waals surface area contributed by atoms with Gasteiger partial charge < -0.3 is 0 Å². The van der Waals surface area contributed by atoms with Crippen molar-refractivity contribution in [1.82, 2.24) is 24.8 Å². The van der Waals surface area contributed by atoms with E-state index in [4.69, 9.17) is 0 Å². The summed E-state index contributed by atoms with van der Waals surface area (Å²) >= 11 is 0. The van der Waals surface area contributed by atoms with Gasteiger partial charge in [-0.15, -0.1) is 5.10 Å². The molecule has 0 aliphatic carbocycles. The monoisotopic (exact) mass is 337 g/mol. The number of aryl methyl sites for hydroxylation is 2. The van der Waals surface area contributed by atoms with Crippen molar-refractivity contribution in [2.45, 2.75) is 31.2 Å². The Morgan fingerprint density at radius 3 is 2.50 bits per heavy atom. The van der Waals surface area contributed by atoms with Gasteiger partial charge in [-0.25, -0.2) is 8.42 Å². The Kier molecular flexibility index (Phi) is 4.27. The molecule has 0 radical (unpaired) electrons. The lowest BCUT2D eigenvalue weighted by Crippen LogP contribution is -2.16. The first-order valence-electron chi connectivity index (χ1n) is 6.30. The highest BCUT2D eigenvalue weighted by Gasteiger charge is 2.38. The van der Waals surface area contributed by atoms with Crippen molar-refractivity contribution in [3.05, 3.63) is 29.3 Å². The zero-order valence-corrected chi connectivity index (χ0v) is 12.7. The van der Waals surface area contributed by atoms with Gasteiger partial charge in [-0.2, -0.15) is 18.3 Å². The highest BCUT2D eigenvalue weighted by Crippen LogP contribution is 2.32. The van der Waals surface area contributed by atoms with Crippen molar-refractivity contribution in [3.8, 4) is 0 Å². The molecule has 0 bridgehead atoms. The molecule has 122 valence electrons. The van der Waals surface area contributed by atoms with Gasteiger partial charge >= 0.3 is 6.18 Å². The summed E-state index contributed by atoms with van der Waals surface area (Å²) in [6, 6.07) is 0. The van der Waals surface area contributed by atoms with E-state index in [0.29, 0.717) is 11.2 Å². The molecule has 2 aromatic heterocycles. The van der Waals surface area contributed by atoms with E-state index >= 15 is 0 Å². The summed E-state index contributed by atoms with van der Waals surface area (Å²) in [7, 11) is -2.70. The minimum absolute atomic E-state index is 0.194. The average molecular weight is 337 g/mol. The molecule has 11 heteroatoms. The first kappa shape index (κ1) is 16.5. The van der Waals surface area contributed by atoms with Gasteiger partial charge in [0.2, 0.25) is 0 Å². The SMILES string of the molecule is CCn1cc(CS(=O)(=O)Cc2cnn(C)c2C(F)(F)F)nn1. The van der Waals surface area contributed by atoms with Gasteiger partial charge in [0.15, 0.2) is 9.84 Å². The van der Waals surface area contributed by atoms with Gasteiger partial charge in [0.1, 0.15) is 5.69 Å². The topological polar surface area (TPSA) is 82.7 Å². The van der Waals surface area contributed by atoms with Crippen LogP contribution >= 0.6 is 0 Å². The molecular weight excluding hydrogens is 323 g/mol. The molecule has 0 fully saturated rings. The van der Waals surface area contributed by atoms with Crippen molar-refractivity contribution >= 4 is 9.84 Å². The number of halogens is 3. The van der Waals surface area contributed by atoms with Crippen LogP contribution in [0.1, 0.15) is 23.9 Å². The zero-order chi connectivity index (χ0) is 16.5. The molecule has 7 nitrogen and oxygen atoms in total. The average Bonchev–Trinajstić information content (AvgIpc) is 2.94.